The van der Waals surface area contributed by atoms with Gasteiger partial charge in [-0.25, -0.2) is 8.42 Å². The van der Waals surface area contributed by atoms with Crippen LogP contribution in [0.5, 0.6) is 0 Å². The number of nitrogens with zero attached hydrogens (tertiary/aromatic N) is 1. The number of sulfonamides is 1. The number of hydrogen-bond acceptors (Lipinski definition) is 7. The molecule has 0 amide bonds. The summed E-state index contributed by atoms with van der Waals surface area (Å²) in [5.74, 6) is -0.564. The monoisotopic (exact) mass is 410 g/mol. The second-order valence-corrected chi connectivity index (χ2v) is 10.1. The van der Waals surface area contributed by atoms with Crippen molar-refractivity contribution in [1.29, 1.82) is 0 Å². The van der Waals surface area contributed by atoms with E-state index in [1.807, 2.05) is 48.5 Å². The molecular weight excluding hydrogens is 372 g/mol. The van der Waals surface area contributed by atoms with Crippen LogP contribution in [-0.4, -0.2) is 68.7 Å². The van der Waals surface area contributed by atoms with Gasteiger partial charge in [-0.2, -0.15) is 4.31 Å². The highest BCUT2D eigenvalue weighted by Gasteiger charge is 2.32. The molecule has 3 atom stereocenters. The zero-order valence-electron chi connectivity index (χ0n) is 18.0. The highest BCUT2D eigenvalue weighted by molar-refractivity contribution is 7.88. The van der Waals surface area contributed by atoms with Crippen molar-refractivity contribution in [3.8, 4) is 0 Å². The maximum Gasteiger partial charge on any atom is 0.325 e. The summed E-state index contributed by atoms with van der Waals surface area (Å²) < 4.78 is 42.1. The summed E-state index contributed by atoms with van der Waals surface area (Å²) in [5, 5.41) is 0. The van der Waals surface area contributed by atoms with E-state index in [0.717, 1.165) is 6.42 Å². The summed E-state index contributed by atoms with van der Waals surface area (Å²) in [6, 6.07) is -0.706. The lowest BCUT2D eigenvalue weighted by molar-refractivity contribution is -0.163. The lowest BCUT2D eigenvalue weighted by atomic mass is 10.1. The third kappa shape index (κ3) is 10.4. The Hall–Kier alpha value is -0.740. The zero-order valence-corrected chi connectivity index (χ0v) is 18.8. The van der Waals surface area contributed by atoms with E-state index in [9.17, 15) is 13.2 Å². The van der Waals surface area contributed by atoms with E-state index in [1.165, 1.54) is 10.6 Å². The van der Waals surface area contributed by atoms with Crippen LogP contribution in [0.4, 0.5) is 0 Å². The van der Waals surface area contributed by atoms with Gasteiger partial charge in [-0.15, -0.1) is 0 Å². The lowest BCUT2D eigenvalue weighted by Crippen LogP contribution is -2.50. The van der Waals surface area contributed by atoms with Crippen LogP contribution in [-0.2, 0) is 29.0 Å². The molecule has 0 radical (unpaired) electrons. The molecule has 9 heteroatoms. The maximum atomic E-state index is 12.2. The minimum absolute atomic E-state index is 0.0332. The van der Waals surface area contributed by atoms with Gasteiger partial charge in [-0.3, -0.25) is 4.79 Å². The molecule has 0 aromatic carbocycles. The Kier molecular flexibility index (Phi) is 11.0. The number of ether oxygens (including phenoxy) is 3. The summed E-state index contributed by atoms with van der Waals surface area (Å²) in [6.45, 7) is 13.0. The fourth-order valence-electron chi connectivity index (χ4n) is 2.30. The average Bonchev–Trinajstić information content (AvgIpc) is 2.52. The molecular formula is C18H38N2O6S. The van der Waals surface area contributed by atoms with Crippen molar-refractivity contribution in [3.63, 3.8) is 0 Å². The molecule has 0 saturated heterocycles. The summed E-state index contributed by atoms with van der Waals surface area (Å²) >= 11 is 0. The highest BCUT2D eigenvalue weighted by Crippen LogP contribution is 2.19. The van der Waals surface area contributed by atoms with E-state index < -0.39 is 33.7 Å². The average molecular weight is 411 g/mol. The van der Waals surface area contributed by atoms with E-state index in [0.29, 0.717) is 0 Å². The third-order valence-corrected chi connectivity index (χ3v) is 5.59. The minimum Gasteiger partial charge on any atom is -0.437 e. The molecule has 0 spiro atoms. The number of nitrogens with two attached hydrogens (primary N) is 1. The van der Waals surface area contributed by atoms with Crippen LogP contribution in [0.2, 0.25) is 0 Å². The van der Waals surface area contributed by atoms with Gasteiger partial charge in [0, 0.05) is 12.1 Å². The highest BCUT2D eigenvalue weighted by atomic mass is 32.2. The van der Waals surface area contributed by atoms with Crippen molar-refractivity contribution < 1.29 is 27.4 Å². The normalized spacial score (nSPS) is 16.4. The van der Waals surface area contributed by atoms with Gasteiger partial charge in [0.05, 0.1) is 25.1 Å². The van der Waals surface area contributed by atoms with Crippen LogP contribution in [0, 0.1) is 5.92 Å². The molecule has 0 aliphatic rings. The Bertz CT molecular complexity index is 545. The molecule has 162 valence electrons. The molecule has 8 nitrogen and oxygen atoms in total. The van der Waals surface area contributed by atoms with E-state index >= 15 is 0 Å². The zero-order chi connectivity index (χ0) is 21.4. The largest absolute Gasteiger partial charge is 0.437 e. The van der Waals surface area contributed by atoms with Gasteiger partial charge < -0.3 is 19.9 Å². The van der Waals surface area contributed by atoms with Crippen molar-refractivity contribution in [1.82, 2.24) is 4.31 Å². The first-order valence-corrected chi connectivity index (χ1v) is 11.2. The molecule has 2 N–H and O–H groups in total. The summed E-state index contributed by atoms with van der Waals surface area (Å²) in [4.78, 5) is 11.7. The first-order valence-electron chi connectivity index (χ1n) is 9.33. The molecule has 0 heterocycles. The van der Waals surface area contributed by atoms with Gasteiger partial charge in [0.2, 0.25) is 10.0 Å². The Labute approximate surface area is 164 Å². The van der Waals surface area contributed by atoms with Crippen LogP contribution in [0.25, 0.3) is 0 Å². The fraction of sp³-hybridized carbons (Fsp3) is 0.944. The lowest BCUT2D eigenvalue weighted by Gasteiger charge is -2.36. The van der Waals surface area contributed by atoms with Crippen molar-refractivity contribution >= 4 is 16.0 Å². The third-order valence-electron chi connectivity index (χ3n) is 4.10. The molecule has 27 heavy (non-hydrogen) atoms. The van der Waals surface area contributed by atoms with Crippen molar-refractivity contribution in [2.45, 2.75) is 78.7 Å². The smallest absolute Gasteiger partial charge is 0.325 e. The van der Waals surface area contributed by atoms with Crippen molar-refractivity contribution in [3.05, 3.63) is 0 Å². The van der Waals surface area contributed by atoms with E-state index in [2.05, 4.69) is 0 Å². The number of carbonyl (C=O) groups is 1. The van der Waals surface area contributed by atoms with Gasteiger partial charge in [0.25, 0.3) is 0 Å². The van der Waals surface area contributed by atoms with Crippen LogP contribution >= 0.6 is 0 Å². The molecule has 0 aliphatic heterocycles. The summed E-state index contributed by atoms with van der Waals surface area (Å²) in [6.07, 6.45) is 1.40. The fourth-order valence-corrected chi connectivity index (χ4v) is 3.73. The van der Waals surface area contributed by atoms with Crippen molar-refractivity contribution in [2.75, 3.05) is 26.2 Å². The molecule has 0 fully saturated rings. The number of rotatable bonds is 12. The minimum atomic E-state index is -3.43. The Morgan fingerprint density at radius 2 is 1.74 bits per heavy atom. The van der Waals surface area contributed by atoms with Gasteiger partial charge >= 0.3 is 5.97 Å². The second kappa shape index (κ2) is 11.3. The molecule has 0 rings (SSSR count). The molecule has 0 bridgehead atoms. The van der Waals surface area contributed by atoms with Gasteiger partial charge in [-0.05, 0) is 40.0 Å². The van der Waals surface area contributed by atoms with Crippen molar-refractivity contribution in [2.24, 2.45) is 11.7 Å². The standard InChI is InChI=1S/C18H38N2O6S/c1-9-14(4)26-15(10-20(18(5,6)7)27(8,22)23)11-24-12-25-17(21)16(19)13(2)3/h13-16H,9-12,19H2,1-8H3/t14-,15-,16-/m0/s1. The Morgan fingerprint density at radius 1 is 1.19 bits per heavy atom. The quantitative estimate of drug-likeness (QED) is 0.296. The second-order valence-electron chi connectivity index (χ2n) is 8.16. The van der Waals surface area contributed by atoms with Crippen LogP contribution in [0.3, 0.4) is 0 Å². The molecule has 0 aliphatic carbocycles. The molecule has 0 saturated carbocycles. The van der Waals surface area contributed by atoms with E-state index in [1.54, 1.807) is 0 Å². The summed E-state index contributed by atoms with van der Waals surface area (Å²) in [7, 11) is -3.43. The molecule has 0 aromatic heterocycles. The van der Waals surface area contributed by atoms with Gasteiger partial charge in [0.1, 0.15) is 6.04 Å². The number of carbonyl (C=O) groups excluding carboxylic acids is 1. The Morgan fingerprint density at radius 3 is 2.15 bits per heavy atom. The van der Waals surface area contributed by atoms with Gasteiger partial charge in [-0.1, -0.05) is 20.8 Å². The van der Waals surface area contributed by atoms with E-state index in [4.69, 9.17) is 19.9 Å². The van der Waals surface area contributed by atoms with Crippen LogP contribution in [0.15, 0.2) is 0 Å². The predicted octanol–water partition coefficient (Wildman–Crippen LogP) is 1.73. The molecule has 0 aromatic rings. The van der Waals surface area contributed by atoms with Crippen LogP contribution < -0.4 is 5.73 Å². The van der Waals surface area contributed by atoms with Gasteiger partial charge in [0.15, 0.2) is 6.79 Å². The number of hydrogen-bond donors (Lipinski definition) is 1. The first-order chi connectivity index (χ1) is 12.2. The SMILES string of the molecule is CC[C@H](C)O[C@H](COCOC(=O)[C@@H](N)C(C)C)CN(C(C)(C)C)S(C)(=O)=O. The number of esters is 1. The van der Waals surface area contributed by atoms with E-state index in [-0.39, 0.29) is 32.0 Å². The Balaban J connectivity index is 4.89. The summed E-state index contributed by atoms with van der Waals surface area (Å²) in [5.41, 5.74) is 5.12. The topological polar surface area (TPSA) is 108 Å². The maximum absolute atomic E-state index is 12.2. The molecule has 0 unspecified atom stereocenters. The predicted molar refractivity (Wildman–Crippen MR) is 106 cm³/mol. The van der Waals surface area contributed by atoms with Crippen LogP contribution in [0.1, 0.15) is 54.9 Å². The first kappa shape index (κ1) is 26.3.